The molecule has 1 aliphatic heterocycles. The van der Waals surface area contributed by atoms with Gasteiger partial charge in [-0.2, -0.15) is 4.98 Å². The van der Waals surface area contributed by atoms with Crippen molar-refractivity contribution in [3.63, 3.8) is 0 Å². The lowest BCUT2D eigenvalue weighted by molar-refractivity contribution is 0.116. The Bertz CT molecular complexity index is 727. The van der Waals surface area contributed by atoms with Crippen LogP contribution in [-0.4, -0.2) is 66.9 Å². The van der Waals surface area contributed by atoms with Gasteiger partial charge in [0.2, 0.25) is 5.89 Å². The van der Waals surface area contributed by atoms with Gasteiger partial charge in [-0.3, -0.25) is 9.80 Å². The summed E-state index contributed by atoms with van der Waals surface area (Å²) < 4.78 is 7.33. The average molecular weight is 360 g/mol. The van der Waals surface area contributed by atoms with Gasteiger partial charge in [-0.15, -0.1) is 10.2 Å². The maximum atomic E-state index is 5.94. The Morgan fingerprint density at radius 1 is 1.08 bits per heavy atom. The second kappa shape index (κ2) is 7.42. The largest absolute Gasteiger partial charge is 0.340 e. The predicted octanol–water partition coefficient (Wildman–Crippen LogP) is 0.512. The van der Waals surface area contributed by atoms with Crippen LogP contribution < -0.4 is 5.73 Å². The first-order valence-electron chi connectivity index (χ1n) is 9.53. The molecule has 2 fully saturated rings. The second-order valence-corrected chi connectivity index (χ2v) is 7.43. The Morgan fingerprint density at radius 2 is 1.77 bits per heavy atom. The van der Waals surface area contributed by atoms with E-state index in [1.165, 1.54) is 0 Å². The monoisotopic (exact) mass is 360 g/mol. The highest BCUT2D eigenvalue weighted by molar-refractivity contribution is 5.08. The fraction of sp³-hybridized carbons (Fsp3) is 0.765. The summed E-state index contributed by atoms with van der Waals surface area (Å²) in [6.07, 6.45) is 2.07. The summed E-state index contributed by atoms with van der Waals surface area (Å²) in [6, 6.07) is 0.335. The van der Waals surface area contributed by atoms with Gasteiger partial charge < -0.3 is 14.8 Å². The summed E-state index contributed by atoms with van der Waals surface area (Å²) in [5.74, 6) is 4.08. The Balaban J connectivity index is 1.31. The van der Waals surface area contributed by atoms with Crippen LogP contribution in [0.15, 0.2) is 4.52 Å². The van der Waals surface area contributed by atoms with Crippen LogP contribution in [0.25, 0.3) is 0 Å². The molecule has 4 rings (SSSR count). The van der Waals surface area contributed by atoms with Gasteiger partial charge in [0.25, 0.3) is 0 Å². The molecular weight excluding hydrogens is 332 g/mol. The van der Waals surface area contributed by atoms with Crippen molar-refractivity contribution in [1.29, 1.82) is 0 Å². The van der Waals surface area contributed by atoms with Gasteiger partial charge in [0, 0.05) is 51.6 Å². The standard InChI is InChI=1S/C17H28N8O/c1-3-25-16(20-21-17(25)13-8-14(18)9-13)11-24-6-4-23(5-7-24)10-15-19-12(2)26-22-15/h13-14H,3-11,18H2,1-2H3. The maximum Gasteiger partial charge on any atom is 0.223 e. The number of aryl methyl sites for hydroxylation is 1. The molecule has 1 saturated carbocycles. The molecule has 26 heavy (non-hydrogen) atoms. The highest BCUT2D eigenvalue weighted by Gasteiger charge is 2.32. The third-order valence-electron chi connectivity index (χ3n) is 5.48. The van der Waals surface area contributed by atoms with Gasteiger partial charge in [0.05, 0.1) is 13.1 Å². The molecule has 1 aliphatic carbocycles. The van der Waals surface area contributed by atoms with Gasteiger partial charge in [0.1, 0.15) is 11.6 Å². The van der Waals surface area contributed by atoms with E-state index in [9.17, 15) is 0 Å². The smallest absolute Gasteiger partial charge is 0.223 e. The van der Waals surface area contributed by atoms with E-state index >= 15 is 0 Å². The topological polar surface area (TPSA) is 102 Å². The van der Waals surface area contributed by atoms with Gasteiger partial charge in [0.15, 0.2) is 5.82 Å². The molecule has 2 aromatic rings. The van der Waals surface area contributed by atoms with E-state index in [0.717, 1.165) is 76.1 Å². The molecule has 0 bridgehead atoms. The minimum Gasteiger partial charge on any atom is -0.340 e. The van der Waals surface area contributed by atoms with Gasteiger partial charge >= 0.3 is 0 Å². The predicted molar refractivity (Wildman–Crippen MR) is 95.2 cm³/mol. The minimum atomic E-state index is 0.335. The lowest BCUT2D eigenvalue weighted by atomic mass is 9.80. The molecule has 2 N–H and O–H groups in total. The van der Waals surface area contributed by atoms with E-state index in [1.54, 1.807) is 0 Å². The van der Waals surface area contributed by atoms with E-state index < -0.39 is 0 Å². The van der Waals surface area contributed by atoms with Gasteiger partial charge in [-0.25, -0.2) is 0 Å². The van der Waals surface area contributed by atoms with E-state index in [0.29, 0.717) is 17.9 Å². The average Bonchev–Trinajstić information content (AvgIpc) is 3.19. The molecule has 142 valence electrons. The molecule has 2 aliphatic rings. The summed E-state index contributed by atoms with van der Waals surface area (Å²) in [6.45, 7) is 10.5. The fourth-order valence-electron chi connectivity index (χ4n) is 3.90. The summed E-state index contributed by atoms with van der Waals surface area (Å²) in [7, 11) is 0. The molecule has 0 radical (unpaired) electrons. The van der Waals surface area contributed by atoms with Crippen LogP contribution >= 0.6 is 0 Å². The Hall–Kier alpha value is -1.84. The van der Waals surface area contributed by atoms with Crippen molar-refractivity contribution in [2.45, 2.75) is 58.3 Å². The molecule has 9 nitrogen and oxygen atoms in total. The zero-order valence-corrected chi connectivity index (χ0v) is 15.6. The number of hydrogen-bond donors (Lipinski definition) is 1. The van der Waals surface area contributed by atoms with Crippen LogP contribution in [0.3, 0.4) is 0 Å². The third kappa shape index (κ3) is 3.65. The first-order valence-corrected chi connectivity index (χ1v) is 9.53. The second-order valence-electron chi connectivity index (χ2n) is 7.43. The van der Waals surface area contributed by atoms with E-state index in [2.05, 4.69) is 41.6 Å². The minimum absolute atomic E-state index is 0.335. The van der Waals surface area contributed by atoms with Gasteiger partial charge in [-0.1, -0.05) is 5.16 Å². The quantitative estimate of drug-likeness (QED) is 0.795. The van der Waals surface area contributed by atoms with E-state index in [-0.39, 0.29) is 0 Å². The van der Waals surface area contributed by atoms with Crippen LogP contribution in [0.2, 0.25) is 0 Å². The molecule has 0 spiro atoms. The summed E-state index contributed by atoms with van der Waals surface area (Å²) in [4.78, 5) is 9.11. The Labute approximate surface area is 153 Å². The zero-order chi connectivity index (χ0) is 18.1. The highest BCUT2D eigenvalue weighted by Crippen LogP contribution is 2.34. The number of rotatable bonds is 6. The molecular formula is C17H28N8O. The molecule has 0 amide bonds. The molecule has 2 aromatic heterocycles. The van der Waals surface area contributed by atoms with Crippen LogP contribution in [0.1, 0.15) is 49.0 Å². The maximum absolute atomic E-state index is 5.94. The zero-order valence-electron chi connectivity index (χ0n) is 15.6. The van der Waals surface area contributed by atoms with E-state index in [4.69, 9.17) is 10.3 Å². The van der Waals surface area contributed by atoms with E-state index in [1.807, 2.05) is 6.92 Å². The number of aromatic nitrogens is 5. The molecule has 9 heteroatoms. The van der Waals surface area contributed by atoms with Crippen molar-refractivity contribution in [3.8, 4) is 0 Å². The molecule has 3 heterocycles. The highest BCUT2D eigenvalue weighted by atomic mass is 16.5. The normalized spacial score (nSPS) is 24.7. The van der Waals surface area contributed by atoms with Crippen molar-refractivity contribution in [2.75, 3.05) is 26.2 Å². The molecule has 1 saturated heterocycles. The fourth-order valence-corrected chi connectivity index (χ4v) is 3.90. The first kappa shape index (κ1) is 17.6. The summed E-state index contributed by atoms with van der Waals surface area (Å²) in [5.41, 5.74) is 5.94. The number of nitrogens with zero attached hydrogens (tertiary/aromatic N) is 7. The lowest BCUT2D eigenvalue weighted by Gasteiger charge is -2.34. The number of nitrogens with two attached hydrogens (primary N) is 1. The van der Waals surface area contributed by atoms with Crippen LogP contribution in [0.5, 0.6) is 0 Å². The molecule has 0 aromatic carbocycles. The number of piperazine rings is 1. The van der Waals surface area contributed by atoms with Gasteiger partial charge in [-0.05, 0) is 19.8 Å². The Kier molecular flexibility index (Phi) is 5.01. The van der Waals surface area contributed by atoms with Crippen LogP contribution in [-0.2, 0) is 19.6 Å². The SMILES string of the molecule is CCn1c(CN2CCN(Cc3noc(C)n3)CC2)nnc1C1CC(N)C1. The van der Waals surface area contributed by atoms with Crippen LogP contribution in [0.4, 0.5) is 0 Å². The number of hydrogen-bond acceptors (Lipinski definition) is 8. The Morgan fingerprint density at radius 3 is 2.35 bits per heavy atom. The first-order chi connectivity index (χ1) is 12.6. The van der Waals surface area contributed by atoms with Crippen molar-refractivity contribution in [1.82, 2.24) is 34.7 Å². The van der Waals surface area contributed by atoms with Crippen molar-refractivity contribution >= 4 is 0 Å². The third-order valence-corrected chi connectivity index (χ3v) is 5.48. The molecule has 0 atom stereocenters. The van der Waals surface area contributed by atoms with Crippen molar-refractivity contribution in [2.24, 2.45) is 5.73 Å². The molecule has 0 unspecified atom stereocenters. The van der Waals surface area contributed by atoms with Crippen molar-refractivity contribution < 1.29 is 4.52 Å². The van der Waals surface area contributed by atoms with Crippen LogP contribution in [0, 0.1) is 6.92 Å². The summed E-state index contributed by atoms with van der Waals surface area (Å²) >= 11 is 0. The summed E-state index contributed by atoms with van der Waals surface area (Å²) in [5, 5.41) is 12.9. The van der Waals surface area contributed by atoms with Crippen molar-refractivity contribution in [3.05, 3.63) is 23.4 Å². The lowest BCUT2D eigenvalue weighted by Crippen LogP contribution is -2.45.